The fraction of sp³-hybridized carbons (Fsp3) is 0.345. The van der Waals surface area contributed by atoms with Crippen molar-refractivity contribution < 1.29 is 9.53 Å². The van der Waals surface area contributed by atoms with E-state index in [0.717, 1.165) is 61.8 Å². The van der Waals surface area contributed by atoms with Gasteiger partial charge < -0.3 is 9.64 Å². The van der Waals surface area contributed by atoms with Crippen molar-refractivity contribution in [3.63, 3.8) is 0 Å². The van der Waals surface area contributed by atoms with E-state index in [1.165, 1.54) is 17.5 Å². The number of aryl methyl sites for hydroxylation is 1. The zero-order chi connectivity index (χ0) is 23.5. The number of hydrogen-bond donors (Lipinski definition) is 0. The van der Waals surface area contributed by atoms with E-state index in [0.29, 0.717) is 5.92 Å². The highest BCUT2D eigenvalue weighted by molar-refractivity contribution is 6.04. The average molecular weight is 456 g/mol. The monoisotopic (exact) mass is 455 g/mol. The third-order valence-corrected chi connectivity index (χ3v) is 6.81. The van der Waals surface area contributed by atoms with E-state index in [1.54, 1.807) is 0 Å². The van der Waals surface area contributed by atoms with Crippen LogP contribution >= 0.6 is 0 Å². The lowest BCUT2D eigenvalue weighted by atomic mass is 9.83. The van der Waals surface area contributed by atoms with Crippen LogP contribution in [0.2, 0.25) is 0 Å². The average Bonchev–Trinajstić information content (AvgIpc) is 2.85. The van der Waals surface area contributed by atoms with Gasteiger partial charge in [-0.15, -0.1) is 0 Å². The Labute approximate surface area is 202 Å². The number of anilines is 2. The van der Waals surface area contributed by atoms with Crippen molar-refractivity contribution in [1.82, 2.24) is 4.90 Å². The maximum Gasteiger partial charge on any atom is 0.328 e. The highest BCUT2D eigenvalue weighted by Crippen LogP contribution is 2.32. The lowest BCUT2D eigenvalue weighted by Crippen LogP contribution is -2.49. The van der Waals surface area contributed by atoms with E-state index in [1.807, 2.05) is 64.4 Å². The normalized spacial score (nSPS) is 18.2. The van der Waals surface area contributed by atoms with Crippen LogP contribution in [0.5, 0.6) is 11.5 Å². The molecule has 0 saturated carbocycles. The number of urea groups is 1. The zero-order valence-corrected chi connectivity index (χ0v) is 20.1. The molecule has 0 bridgehead atoms. The number of para-hydroxylation sites is 1. The van der Waals surface area contributed by atoms with E-state index in [-0.39, 0.29) is 6.03 Å². The summed E-state index contributed by atoms with van der Waals surface area (Å²) < 4.78 is 5.90. The number of benzene rings is 3. The van der Waals surface area contributed by atoms with Gasteiger partial charge in [0.1, 0.15) is 11.5 Å². The maximum atomic E-state index is 13.5. The fourth-order valence-electron chi connectivity index (χ4n) is 5.18. The predicted molar refractivity (Wildman–Crippen MR) is 138 cm³/mol. The Morgan fingerprint density at radius 3 is 2.26 bits per heavy atom. The SMILES string of the molecule is CN(C)CC1CCc2cc(N3CCCN(c4ccc(Oc5ccccc5)cc4)C3=O)ccc2C1. The van der Waals surface area contributed by atoms with Crippen LogP contribution in [0, 0.1) is 5.92 Å². The first kappa shape index (κ1) is 22.5. The third kappa shape index (κ3) is 4.95. The van der Waals surface area contributed by atoms with Crippen molar-refractivity contribution in [3.8, 4) is 11.5 Å². The molecule has 3 aromatic rings. The van der Waals surface area contributed by atoms with Crippen LogP contribution in [0.4, 0.5) is 16.2 Å². The molecular formula is C29H33N3O2. The summed E-state index contributed by atoms with van der Waals surface area (Å²) in [5, 5.41) is 0. The van der Waals surface area contributed by atoms with Gasteiger partial charge in [0.15, 0.2) is 0 Å². The van der Waals surface area contributed by atoms with Crippen LogP contribution in [0.15, 0.2) is 72.8 Å². The lowest BCUT2D eigenvalue weighted by molar-refractivity contribution is 0.248. The second-order valence-electron chi connectivity index (χ2n) is 9.67. The molecule has 176 valence electrons. The number of fused-ring (bicyclic) bond motifs is 1. The van der Waals surface area contributed by atoms with Crippen LogP contribution in [-0.2, 0) is 12.8 Å². The van der Waals surface area contributed by atoms with Gasteiger partial charge >= 0.3 is 6.03 Å². The third-order valence-electron chi connectivity index (χ3n) is 6.81. The highest BCUT2D eigenvalue weighted by atomic mass is 16.5. The molecule has 1 fully saturated rings. The topological polar surface area (TPSA) is 36.0 Å². The molecule has 1 aliphatic heterocycles. The second kappa shape index (κ2) is 9.90. The summed E-state index contributed by atoms with van der Waals surface area (Å²) in [6, 6.07) is 24.2. The summed E-state index contributed by atoms with van der Waals surface area (Å²) in [6.45, 7) is 2.62. The Morgan fingerprint density at radius 1 is 0.853 bits per heavy atom. The molecule has 1 aliphatic carbocycles. The van der Waals surface area contributed by atoms with Crippen LogP contribution in [-0.4, -0.2) is 44.7 Å². The Hall–Kier alpha value is -3.31. The van der Waals surface area contributed by atoms with E-state index < -0.39 is 0 Å². The Kier molecular flexibility index (Phi) is 6.54. The van der Waals surface area contributed by atoms with Crippen molar-refractivity contribution in [2.24, 2.45) is 5.92 Å². The zero-order valence-electron chi connectivity index (χ0n) is 20.1. The van der Waals surface area contributed by atoms with Gasteiger partial charge in [0.05, 0.1) is 0 Å². The number of carbonyl (C=O) groups excluding carboxylic acids is 1. The fourth-order valence-corrected chi connectivity index (χ4v) is 5.18. The molecule has 3 aromatic carbocycles. The molecule has 5 heteroatoms. The molecular weight excluding hydrogens is 422 g/mol. The minimum Gasteiger partial charge on any atom is -0.457 e. The van der Waals surface area contributed by atoms with Crippen LogP contribution in [0.1, 0.15) is 24.0 Å². The summed E-state index contributed by atoms with van der Waals surface area (Å²) >= 11 is 0. The van der Waals surface area contributed by atoms with E-state index in [2.05, 4.69) is 37.2 Å². The molecule has 1 unspecified atom stereocenters. The Morgan fingerprint density at radius 2 is 1.53 bits per heavy atom. The largest absolute Gasteiger partial charge is 0.457 e. The predicted octanol–water partition coefficient (Wildman–Crippen LogP) is 5.98. The molecule has 34 heavy (non-hydrogen) atoms. The van der Waals surface area contributed by atoms with Crippen molar-refractivity contribution in [2.75, 3.05) is 43.5 Å². The second-order valence-corrected chi connectivity index (χ2v) is 9.67. The van der Waals surface area contributed by atoms with E-state index >= 15 is 0 Å². The Balaban J connectivity index is 1.28. The van der Waals surface area contributed by atoms with Crippen molar-refractivity contribution in [3.05, 3.63) is 83.9 Å². The number of nitrogens with zero attached hydrogens (tertiary/aromatic N) is 3. The smallest absolute Gasteiger partial charge is 0.328 e. The quantitative estimate of drug-likeness (QED) is 0.459. The molecule has 0 spiro atoms. The van der Waals surface area contributed by atoms with Crippen LogP contribution < -0.4 is 14.5 Å². The molecule has 1 saturated heterocycles. The first-order valence-electron chi connectivity index (χ1n) is 12.3. The van der Waals surface area contributed by atoms with Crippen molar-refractivity contribution >= 4 is 17.4 Å². The summed E-state index contributed by atoms with van der Waals surface area (Å²) in [5.41, 5.74) is 4.76. The summed E-state index contributed by atoms with van der Waals surface area (Å²) in [6.07, 6.45) is 4.38. The van der Waals surface area contributed by atoms with Gasteiger partial charge in [-0.05, 0) is 105 Å². The molecule has 5 nitrogen and oxygen atoms in total. The van der Waals surface area contributed by atoms with Gasteiger partial charge in [-0.25, -0.2) is 4.79 Å². The van der Waals surface area contributed by atoms with Gasteiger partial charge in [0, 0.05) is 31.0 Å². The first-order chi connectivity index (χ1) is 16.6. The molecule has 0 aromatic heterocycles. The maximum absolute atomic E-state index is 13.5. The standard InChI is InChI=1S/C29H33N3O2/c1-30(2)21-22-9-10-24-20-26(12-11-23(24)19-22)32-18-6-17-31(29(32)33)25-13-15-28(16-14-25)34-27-7-4-3-5-8-27/h3-5,7-8,11-16,20,22H,6,9-10,17-19,21H2,1-2H3. The molecule has 2 amide bonds. The molecule has 0 radical (unpaired) electrons. The number of ether oxygens (including phenoxy) is 1. The number of hydrogen-bond acceptors (Lipinski definition) is 3. The number of carbonyl (C=O) groups is 1. The van der Waals surface area contributed by atoms with Gasteiger partial charge in [0.25, 0.3) is 0 Å². The van der Waals surface area contributed by atoms with Gasteiger partial charge in [-0.3, -0.25) is 9.80 Å². The summed E-state index contributed by atoms with van der Waals surface area (Å²) in [7, 11) is 4.30. The van der Waals surface area contributed by atoms with E-state index in [9.17, 15) is 4.79 Å². The molecule has 1 heterocycles. The van der Waals surface area contributed by atoms with Crippen molar-refractivity contribution in [2.45, 2.75) is 25.7 Å². The number of amides is 2. The summed E-state index contributed by atoms with van der Waals surface area (Å²) in [4.78, 5) is 19.6. The minimum atomic E-state index is 0.0456. The van der Waals surface area contributed by atoms with Gasteiger partial charge in [-0.2, -0.15) is 0 Å². The summed E-state index contributed by atoms with van der Waals surface area (Å²) in [5.74, 6) is 2.28. The molecule has 0 N–H and O–H groups in total. The van der Waals surface area contributed by atoms with Crippen LogP contribution in [0.3, 0.4) is 0 Å². The molecule has 5 rings (SSSR count). The van der Waals surface area contributed by atoms with Crippen molar-refractivity contribution in [1.29, 1.82) is 0 Å². The van der Waals surface area contributed by atoms with E-state index in [4.69, 9.17) is 4.74 Å². The first-order valence-corrected chi connectivity index (χ1v) is 12.3. The lowest BCUT2D eigenvalue weighted by Gasteiger charge is -2.36. The van der Waals surface area contributed by atoms with Crippen LogP contribution in [0.25, 0.3) is 0 Å². The van der Waals surface area contributed by atoms with Gasteiger partial charge in [-0.1, -0.05) is 24.3 Å². The highest BCUT2D eigenvalue weighted by Gasteiger charge is 2.29. The molecule has 2 aliphatic rings. The minimum absolute atomic E-state index is 0.0456. The number of rotatable bonds is 6. The molecule has 1 atom stereocenters. The Bertz CT molecular complexity index is 1130. The van der Waals surface area contributed by atoms with Gasteiger partial charge in [0.2, 0.25) is 0 Å².